The first-order chi connectivity index (χ1) is 10.6. The van der Waals surface area contributed by atoms with Gasteiger partial charge in [0.1, 0.15) is 0 Å². The van der Waals surface area contributed by atoms with Crippen molar-refractivity contribution in [1.82, 2.24) is 0 Å². The summed E-state index contributed by atoms with van der Waals surface area (Å²) < 4.78 is 0. The van der Waals surface area contributed by atoms with Gasteiger partial charge >= 0.3 is 0 Å². The van der Waals surface area contributed by atoms with Gasteiger partial charge in [-0.1, -0.05) is 41.4 Å². The Kier molecular flexibility index (Phi) is 4.92. The quantitative estimate of drug-likeness (QED) is 0.901. The van der Waals surface area contributed by atoms with E-state index in [9.17, 15) is 0 Å². The smallest absolute Gasteiger partial charge is 0.0426 e. The van der Waals surface area contributed by atoms with Crippen LogP contribution in [0.5, 0.6) is 0 Å². The second-order valence-electron chi connectivity index (χ2n) is 6.08. The minimum absolute atomic E-state index is 0.199. The van der Waals surface area contributed by atoms with Gasteiger partial charge in [-0.3, -0.25) is 0 Å². The standard InChI is InChI=1S/C18H20Cl2N2/c19-15-6-4-13(5-7-15)8-14-9-17(21)12-22(11-14)18-3-1-2-16(20)10-18/h1-7,10,14,17H,8-9,11-12,21H2. The monoisotopic (exact) mass is 334 g/mol. The summed E-state index contributed by atoms with van der Waals surface area (Å²) in [7, 11) is 0. The van der Waals surface area contributed by atoms with E-state index >= 15 is 0 Å². The number of nitrogens with two attached hydrogens (primary N) is 1. The molecule has 0 saturated carbocycles. The largest absolute Gasteiger partial charge is 0.370 e. The van der Waals surface area contributed by atoms with E-state index in [2.05, 4.69) is 23.1 Å². The Balaban J connectivity index is 1.72. The van der Waals surface area contributed by atoms with Gasteiger partial charge in [0, 0.05) is 34.9 Å². The van der Waals surface area contributed by atoms with Crippen LogP contribution in [0.15, 0.2) is 48.5 Å². The Morgan fingerprint density at radius 2 is 1.77 bits per heavy atom. The molecule has 1 saturated heterocycles. The lowest BCUT2D eigenvalue weighted by molar-refractivity contribution is 0.374. The highest BCUT2D eigenvalue weighted by molar-refractivity contribution is 6.31. The van der Waals surface area contributed by atoms with Crippen molar-refractivity contribution in [1.29, 1.82) is 0 Å². The van der Waals surface area contributed by atoms with Crippen molar-refractivity contribution in [3.8, 4) is 0 Å². The van der Waals surface area contributed by atoms with Crippen molar-refractivity contribution in [3.05, 3.63) is 64.1 Å². The van der Waals surface area contributed by atoms with Gasteiger partial charge < -0.3 is 10.6 Å². The molecule has 2 aromatic carbocycles. The summed E-state index contributed by atoms with van der Waals surface area (Å²) in [6.07, 6.45) is 2.08. The lowest BCUT2D eigenvalue weighted by Crippen LogP contribution is -2.47. The Morgan fingerprint density at radius 1 is 1.00 bits per heavy atom. The third-order valence-electron chi connectivity index (χ3n) is 4.18. The van der Waals surface area contributed by atoms with Gasteiger partial charge in [-0.05, 0) is 54.7 Å². The molecule has 1 aliphatic rings. The van der Waals surface area contributed by atoms with Crippen molar-refractivity contribution in [2.45, 2.75) is 18.9 Å². The van der Waals surface area contributed by atoms with Crippen molar-refractivity contribution < 1.29 is 0 Å². The number of hydrogen-bond donors (Lipinski definition) is 1. The number of benzene rings is 2. The SMILES string of the molecule is NC1CC(Cc2ccc(Cl)cc2)CN(c2cccc(Cl)c2)C1. The topological polar surface area (TPSA) is 29.3 Å². The molecule has 0 bridgehead atoms. The summed E-state index contributed by atoms with van der Waals surface area (Å²) in [5, 5.41) is 1.55. The Hall–Kier alpha value is -1.22. The summed E-state index contributed by atoms with van der Waals surface area (Å²) >= 11 is 12.1. The van der Waals surface area contributed by atoms with E-state index in [4.69, 9.17) is 28.9 Å². The number of hydrogen-bond acceptors (Lipinski definition) is 2. The molecule has 1 aliphatic heterocycles. The number of anilines is 1. The van der Waals surface area contributed by atoms with Crippen LogP contribution in [-0.2, 0) is 6.42 Å². The maximum atomic E-state index is 6.27. The summed E-state index contributed by atoms with van der Waals surface area (Å²) in [6, 6.07) is 16.3. The molecule has 2 aromatic rings. The van der Waals surface area contributed by atoms with Crippen molar-refractivity contribution in [2.24, 2.45) is 11.7 Å². The molecule has 22 heavy (non-hydrogen) atoms. The lowest BCUT2D eigenvalue weighted by Gasteiger charge is -2.38. The van der Waals surface area contributed by atoms with Crippen LogP contribution in [0.3, 0.4) is 0 Å². The van der Waals surface area contributed by atoms with Crippen molar-refractivity contribution in [2.75, 3.05) is 18.0 Å². The molecular formula is C18H20Cl2N2. The fourth-order valence-electron chi connectivity index (χ4n) is 3.23. The Morgan fingerprint density at radius 3 is 2.50 bits per heavy atom. The number of nitrogens with zero attached hydrogens (tertiary/aromatic N) is 1. The van der Waals surface area contributed by atoms with Crippen LogP contribution in [0, 0.1) is 5.92 Å². The lowest BCUT2D eigenvalue weighted by atomic mass is 9.89. The van der Waals surface area contributed by atoms with Crippen LogP contribution >= 0.6 is 23.2 Å². The van der Waals surface area contributed by atoms with E-state index in [0.29, 0.717) is 5.92 Å². The van der Waals surface area contributed by atoms with Gasteiger partial charge in [-0.15, -0.1) is 0 Å². The van der Waals surface area contributed by atoms with E-state index in [0.717, 1.165) is 41.7 Å². The summed E-state index contributed by atoms with van der Waals surface area (Å²) in [5.74, 6) is 0.545. The highest BCUT2D eigenvalue weighted by atomic mass is 35.5. The zero-order valence-electron chi connectivity index (χ0n) is 12.4. The number of rotatable bonds is 3. The highest BCUT2D eigenvalue weighted by Crippen LogP contribution is 2.27. The second kappa shape index (κ2) is 6.91. The zero-order chi connectivity index (χ0) is 15.5. The maximum absolute atomic E-state index is 6.27. The predicted octanol–water partition coefficient (Wildman–Crippen LogP) is 4.39. The Labute approximate surface area is 141 Å². The summed E-state index contributed by atoms with van der Waals surface area (Å²) in [4.78, 5) is 2.35. The van der Waals surface area contributed by atoms with Crippen LogP contribution in [-0.4, -0.2) is 19.1 Å². The fourth-order valence-corrected chi connectivity index (χ4v) is 3.54. The van der Waals surface area contributed by atoms with Gasteiger partial charge in [-0.25, -0.2) is 0 Å². The molecular weight excluding hydrogens is 315 g/mol. The maximum Gasteiger partial charge on any atom is 0.0426 e. The van der Waals surface area contributed by atoms with Crippen LogP contribution in [0.4, 0.5) is 5.69 Å². The van der Waals surface area contributed by atoms with Gasteiger partial charge in [0.2, 0.25) is 0 Å². The Bertz CT molecular complexity index is 627. The minimum Gasteiger partial charge on any atom is -0.370 e. The molecule has 0 amide bonds. The predicted molar refractivity (Wildman–Crippen MR) is 94.9 cm³/mol. The van der Waals surface area contributed by atoms with E-state index < -0.39 is 0 Å². The van der Waals surface area contributed by atoms with Gasteiger partial charge in [0.25, 0.3) is 0 Å². The van der Waals surface area contributed by atoms with Gasteiger partial charge in [-0.2, -0.15) is 0 Å². The molecule has 2 atom stereocenters. The molecule has 4 heteroatoms. The van der Waals surface area contributed by atoms with Crippen molar-refractivity contribution >= 4 is 28.9 Å². The average molecular weight is 335 g/mol. The zero-order valence-corrected chi connectivity index (χ0v) is 13.9. The van der Waals surface area contributed by atoms with Gasteiger partial charge in [0.05, 0.1) is 0 Å². The first-order valence-electron chi connectivity index (χ1n) is 7.60. The minimum atomic E-state index is 0.199. The molecule has 3 rings (SSSR count). The molecule has 0 aromatic heterocycles. The molecule has 116 valence electrons. The second-order valence-corrected chi connectivity index (χ2v) is 6.95. The fraction of sp³-hybridized carbons (Fsp3) is 0.333. The molecule has 2 nitrogen and oxygen atoms in total. The normalized spacial score (nSPS) is 21.9. The first kappa shape index (κ1) is 15.7. The van der Waals surface area contributed by atoms with E-state index in [1.54, 1.807) is 0 Å². The molecule has 1 fully saturated rings. The van der Waals surface area contributed by atoms with Crippen LogP contribution < -0.4 is 10.6 Å². The highest BCUT2D eigenvalue weighted by Gasteiger charge is 2.25. The molecule has 0 spiro atoms. The third-order valence-corrected chi connectivity index (χ3v) is 4.67. The van der Waals surface area contributed by atoms with Gasteiger partial charge in [0.15, 0.2) is 0 Å². The van der Waals surface area contributed by atoms with E-state index in [1.807, 2.05) is 30.3 Å². The summed E-state index contributed by atoms with van der Waals surface area (Å²) in [5.41, 5.74) is 8.74. The van der Waals surface area contributed by atoms with Crippen LogP contribution in [0.1, 0.15) is 12.0 Å². The van der Waals surface area contributed by atoms with E-state index in [-0.39, 0.29) is 6.04 Å². The first-order valence-corrected chi connectivity index (χ1v) is 8.36. The molecule has 0 radical (unpaired) electrons. The molecule has 2 unspecified atom stereocenters. The molecule has 0 aliphatic carbocycles. The number of piperidine rings is 1. The molecule has 2 N–H and O–H groups in total. The van der Waals surface area contributed by atoms with Crippen molar-refractivity contribution in [3.63, 3.8) is 0 Å². The molecule has 1 heterocycles. The average Bonchev–Trinajstić information content (AvgIpc) is 2.49. The van der Waals surface area contributed by atoms with E-state index in [1.165, 1.54) is 5.56 Å². The van der Waals surface area contributed by atoms with Crippen LogP contribution in [0.25, 0.3) is 0 Å². The van der Waals surface area contributed by atoms with Crippen LogP contribution in [0.2, 0.25) is 10.0 Å². The number of halogens is 2. The summed E-state index contributed by atoms with van der Waals surface area (Å²) in [6.45, 7) is 1.90. The third kappa shape index (κ3) is 3.95.